The van der Waals surface area contributed by atoms with Crippen molar-refractivity contribution in [3.05, 3.63) is 21.1 Å². The van der Waals surface area contributed by atoms with Crippen LogP contribution in [0.25, 0.3) is 0 Å². The number of hydrogen-bond acceptors (Lipinski definition) is 7. The highest BCUT2D eigenvalue weighted by Crippen LogP contribution is 2.26. The molecule has 0 aromatic carbocycles. The summed E-state index contributed by atoms with van der Waals surface area (Å²) in [7, 11) is 0. The number of carbonyl (C=O) groups excluding carboxylic acids is 2. The molecule has 2 amide bonds. The molecule has 1 aliphatic carbocycles. The lowest BCUT2D eigenvalue weighted by Crippen LogP contribution is -2.26. The molecule has 9 heteroatoms. The van der Waals surface area contributed by atoms with Crippen LogP contribution in [0.15, 0.2) is 5.51 Å². The lowest BCUT2D eigenvalue weighted by Gasteiger charge is -2.06. The maximum Gasteiger partial charge on any atom is 0.226 e. The molecule has 24 heavy (non-hydrogen) atoms. The number of aryl methyl sites for hydroxylation is 2. The van der Waals surface area contributed by atoms with Gasteiger partial charge in [0.25, 0.3) is 0 Å². The summed E-state index contributed by atoms with van der Waals surface area (Å²) in [6, 6.07) is 0. The average molecular weight is 365 g/mol. The van der Waals surface area contributed by atoms with Crippen molar-refractivity contribution in [3.63, 3.8) is 0 Å². The second-order valence-electron chi connectivity index (χ2n) is 5.58. The zero-order valence-corrected chi connectivity index (χ0v) is 14.8. The second kappa shape index (κ2) is 8.29. The SMILES string of the molecule is O=C(CCC(=O)Nc1nncs1)NCCc1nc2c(s1)CCCC2. The number of nitrogens with zero attached hydrogens (tertiary/aromatic N) is 3. The van der Waals surface area contributed by atoms with Crippen molar-refractivity contribution in [3.8, 4) is 0 Å². The number of anilines is 1. The van der Waals surface area contributed by atoms with E-state index in [0.29, 0.717) is 11.7 Å². The molecule has 0 fully saturated rings. The molecule has 2 heterocycles. The highest BCUT2D eigenvalue weighted by Gasteiger charge is 2.15. The first-order valence-electron chi connectivity index (χ1n) is 8.01. The number of nitrogens with one attached hydrogen (secondary N) is 2. The Hall–Kier alpha value is -1.87. The summed E-state index contributed by atoms with van der Waals surface area (Å²) in [6.45, 7) is 0.559. The molecule has 0 spiro atoms. The summed E-state index contributed by atoms with van der Waals surface area (Å²) in [5.41, 5.74) is 2.79. The van der Waals surface area contributed by atoms with E-state index in [2.05, 4.69) is 25.8 Å². The number of carbonyl (C=O) groups is 2. The van der Waals surface area contributed by atoms with E-state index in [1.165, 1.54) is 34.7 Å². The molecular formula is C15H19N5O2S2. The van der Waals surface area contributed by atoms with Crippen LogP contribution < -0.4 is 10.6 Å². The Kier molecular flexibility index (Phi) is 5.86. The summed E-state index contributed by atoms with van der Waals surface area (Å²) in [6.07, 6.45) is 5.76. The first kappa shape index (κ1) is 17.0. The van der Waals surface area contributed by atoms with Crippen LogP contribution in [-0.2, 0) is 28.9 Å². The maximum atomic E-state index is 11.8. The molecule has 0 atom stereocenters. The lowest BCUT2D eigenvalue weighted by atomic mass is 10.0. The number of hydrogen-bond donors (Lipinski definition) is 2. The van der Waals surface area contributed by atoms with Crippen LogP contribution in [0, 0.1) is 0 Å². The van der Waals surface area contributed by atoms with Crippen LogP contribution in [0.1, 0.15) is 41.3 Å². The van der Waals surface area contributed by atoms with Gasteiger partial charge in [0, 0.05) is 30.7 Å². The van der Waals surface area contributed by atoms with E-state index in [1.807, 2.05) is 0 Å². The Morgan fingerprint density at radius 2 is 2.00 bits per heavy atom. The number of fused-ring (bicyclic) bond motifs is 1. The summed E-state index contributed by atoms with van der Waals surface area (Å²) in [5.74, 6) is -0.349. The van der Waals surface area contributed by atoms with Crippen LogP contribution in [0.2, 0.25) is 0 Å². The van der Waals surface area contributed by atoms with Gasteiger partial charge in [0.15, 0.2) is 0 Å². The molecule has 0 bridgehead atoms. The summed E-state index contributed by atoms with van der Waals surface area (Å²) in [5, 5.41) is 14.4. The van der Waals surface area contributed by atoms with Crippen LogP contribution in [-0.4, -0.2) is 33.5 Å². The van der Waals surface area contributed by atoms with Gasteiger partial charge in [0.1, 0.15) is 5.51 Å². The monoisotopic (exact) mass is 365 g/mol. The summed E-state index contributed by atoms with van der Waals surface area (Å²) >= 11 is 3.02. The Labute approximate surface area is 147 Å². The molecule has 0 saturated heterocycles. The van der Waals surface area contributed by atoms with Crippen molar-refractivity contribution in [2.75, 3.05) is 11.9 Å². The molecular weight excluding hydrogens is 346 g/mol. The minimum atomic E-state index is -0.227. The van der Waals surface area contributed by atoms with Crippen molar-refractivity contribution in [2.45, 2.75) is 44.9 Å². The molecule has 2 aromatic heterocycles. The third-order valence-electron chi connectivity index (χ3n) is 3.74. The van der Waals surface area contributed by atoms with Gasteiger partial charge in [-0.05, 0) is 25.7 Å². The fraction of sp³-hybridized carbons (Fsp3) is 0.533. The van der Waals surface area contributed by atoms with Gasteiger partial charge in [-0.2, -0.15) is 0 Å². The molecule has 0 saturated carbocycles. The zero-order chi connectivity index (χ0) is 16.8. The second-order valence-corrected chi connectivity index (χ2v) is 7.58. The zero-order valence-electron chi connectivity index (χ0n) is 13.2. The van der Waals surface area contributed by atoms with Crippen molar-refractivity contribution in [1.82, 2.24) is 20.5 Å². The van der Waals surface area contributed by atoms with Crippen LogP contribution >= 0.6 is 22.7 Å². The minimum Gasteiger partial charge on any atom is -0.356 e. The molecule has 2 aromatic rings. The minimum absolute atomic E-state index is 0.122. The first-order valence-corrected chi connectivity index (χ1v) is 9.70. The number of aromatic nitrogens is 3. The Morgan fingerprint density at radius 3 is 2.79 bits per heavy atom. The van der Waals surface area contributed by atoms with E-state index in [9.17, 15) is 9.59 Å². The topological polar surface area (TPSA) is 96.9 Å². The van der Waals surface area contributed by atoms with Crippen LogP contribution in [0.3, 0.4) is 0 Å². The van der Waals surface area contributed by atoms with Gasteiger partial charge in [0.05, 0.1) is 10.7 Å². The Bertz CT molecular complexity index is 675. The van der Waals surface area contributed by atoms with Crippen molar-refractivity contribution in [2.24, 2.45) is 0 Å². The van der Waals surface area contributed by atoms with Crippen molar-refractivity contribution in [1.29, 1.82) is 0 Å². The quantitative estimate of drug-likeness (QED) is 0.782. The van der Waals surface area contributed by atoms with Gasteiger partial charge < -0.3 is 10.6 Å². The van der Waals surface area contributed by atoms with E-state index in [4.69, 9.17) is 0 Å². The normalized spacial score (nSPS) is 13.3. The van der Waals surface area contributed by atoms with Gasteiger partial charge in [0.2, 0.25) is 16.9 Å². The van der Waals surface area contributed by atoms with Gasteiger partial charge in [-0.25, -0.2) is 4.98 Å². The van der Waals surface area contributed by atoms with E-state index in [1.54, 1.807) is 16.8 Å². The molecule has 3 rings (SSSR count). The molecule has 2 N–H and O–H groups in total. The largest absolute Gasteiger partial charge is 0.356 e. The van der Waals surface area contributed by atoms with Gasteiger partial charge in [-0.3, -0.25) is 9.59 Å². The molecule has 0 unspecified atom stereocenters. The fourth-order valence-corrected chi connectivity index (χ4v) is 4.16. The standard InChI is InChI=1S/C15H19N5O2S2/c21-12(5-6-13(22)19-15-20-17-9-23-15)16-8-7-14-18-10-3-1-2-4-11(10)24-14/h9H,1-8H2,(H,16,21)(H,19,20,22). The van der Waals surface area contributed by atoms with E-state index < -0.39 is 0 Å². The summed E-state index contributed by atoms with van der Waals surface area (Å²) < 4.78 is 0. The fourth-order valence-electron chi connectivity index (χ4n) is 2.55. The smallest absolute Gasteiger partial charge is 0.226 e. The van der Waals surface area contributed by atoms with Crippen LogP contribution in [0.4, 0.5) is 5.13 Å². The van der Waals surface area contributed by atoms with Gasteiger partial charge in [-0.15, -0.1) is 21.5 Å². The van der Waals surface area contributed by atoms with E-state index in [-0.39, 0.29) is 24.7 Å². The lowest BCUT2D eigenvalue weighted by molar-refractivity contribution is -0.124. The number of thiazole rings is 1. The first-order chi connectivity index (χ1) is 11.7. The molecule has 7 nitrogen and oxygen atoms in total. The average Bonchev–Trinajstić information content (AvgIpc) is 3.21. The third kappa shape index (κ3) is 4.81. The predicted molar refractivity (Wildman–Crippen MR) is 93.2 cm³/mol. The number of amides is 2. The van der Waals surface area contributed by atoms with Crippen molar-refractivity contribution >= 4 is 39.6 Å². The van der Waals surface area contributed by atoms with E-state index >= 15 is 0 Å². The Morgan fingerprint density at radius 1 is 1.17 bits per heavy atom. The highest BCUT2D eigenvalue weighted by atomic mass is 32.1. The van der Waals surface area contributed by atoms with Gasteiger partial charge in [-0.1, -0.05) is 11.3 Å². The highest BCUT2D eigenvalue weighted by molar-refractivity contribution is 7.13. The molecule has 1 aliphatic rings. The third-order valence-corrected chi connectivity index (χ3v) is 5.56. The van der Waals surface area contributed by atoms with Gasteiger partial charge >= 0.3 is 0 Å². The molecule has 0 aliphatic heterocycles. The van der Waals surface area contributed by atoms with Crippen LogP contribution in [0.5, 0.6) is 0 Å². The number of rotatable bonds is 7. The predicted octanol–water partition coefficient (Wildman–Crippen LogP) is 1.95. The summed E-state index contributed by atoms with van der Waals surface area (Å²) in [4.78, 5) is 29.5. The molecule has 128 valence electrons. The van der Waals surface area contributed by atoms with Crippen molar-refractivity contribution < 1.29 is 9.59 Å². The molecule has 0 radical (unpaired) electrons. The maximum absolute atomic E-state index is 11.8. The Balaban J connectivity index is 1.33. The van der Waals surface area contributed by atoms with E-state index in [0.717, 1.165) is 24.3 Å².